The molecule has 23 heavy (non-hydrogen) atoms. The summed E-state index contributed by atoms with van der Waals surface area (Å²) in [7, 11) is 2.09. The zero-order chi connectivity index (χ0) is 15.8. The van der Waals surface area contributed by atoms with Crippen LogP contribution in [0.15, 0.2) is 42.7 Å². The van der Waals surface area contributed by atoms with E-state index in [2.05, 4.69) is 16.9 Å². The molecule has 118 valence electrons. The first-order valence-corrected chi connectivity index (χ1v) is 8.54. The SMILES string of the molecule is CN1CCN(C(=O)c2ccc3nc(-n4cccc4)sc3c2)CC1. The van der Waals surface area contributed by atoms with E-state index in [-0.39, 0.29) is 5.91 Å². The van der Waals surface area contributed by atoms with Crippen molar-refractivity contribution in [3.8, 4) is 5.13 Å². The summed E-state index contributed by atoms with van der Waals surface area (Å²) in [6.45, 7) is 3.47. The second-order valence-corrected chi connectivity index (χ2v) is 6.87. The number of thiazole rings is 1. The molecule has 0 atom stereocenters. The summed E-state index contributed by atoms with van der Waals surface area (Å²) in [6, 6.07) is 9.77. The standard InChI is InChI=1S/C17H18N4OS/c1-19-8-10-20(11-9-19)16(22)13-4-5-14-15(12-13)23-17(18-14)21-6-2-3-7-21/h2-7,12H,8-11H2,1H3. The lowest BCUT2D eigenvalue weighted by Gasteiger charge is -2.32. The summed E-state index contributed by atoms with van der Waals surface area (Å²) in [5.74, 6) is 0.121. The van der Waals surface area contributed by atoms with Crippen molar-refractivity contribution in [3.05, 3.63) is 48.3 Å². The van der Waals surface area contributed by atoms with Crippen molar-refractivity contribution in [1.82, 2.24) is 19.4 Å². The predicted octanol–water partition coefficient (Wildman–Crippen LogP) is 2.47. The van der Waals surface area contributed by atoms with E-state index in [1.807, 2.05) is 52.2 Å². The summed E-state index contributed by atoms with van der Waals surface area (Å²) in [6.07, 6.45) is 3.96. The average molecular weight is 326 g/mol. The lowest BCUT2D eigenvalue weighted by Crippen LogP contribution is -2.47. The molecule has 3 heterocycles. The number of likely N-dealkylation sites (N-methyl/N-ethyl adjacent to an activating group) is 1. The van der Waals surface area contributed by atoms with Crippen molar-refractivity contribution in [1.29, 1.82) is 0 Å². The molecule has 4 rings (SSSR count). The van der Waals surface area contributed by atoms with Gasteiger partial charge in [-0.3, -0.25) is 4.79 Å². The van der Waals surface area contributed by atoms with Gasteiger partial charge in [0, 0.05) is 44.1 Å². The maximum absolute atomic E-state index is 12.7. The van der Waals surface area contributed by atoms with Crippen molar-refractivity contribution in [2.24, 2.45) is 0 Å². The van der Waals surface area contributed by atoms with Gasteiger partial charge in [-0.05, 0) is 37.4 Å². The van der Waals surface area contributed by atoms with E-state index in [0.717, 1.165) is 47.1 Å². The molecule has 2 aromatic heterocycles. The van der Waals surface area contributed by atoms with Crippen LogP contribution >= 0.6 is 11.3 Å². The summed E-state index contributed by atoms with van der Waals surface area (Å²) >= 11 is 1.61. The highest BCUT2D eigenvalue weighted by Gasteiger charge is 2.20. The van der Waals surface area contributed by atoms with Crippen LogP contribution in [0, 0.1) is 0 Å². The molecule has 6 heteroatoms. The molecule has 0 spiro atoms. The fraction of sp³-hybridized carbons (Fsp3) is 0.294. The number of nitrogens with zero attached hydrogens (tertiary/aromatic N) is 4. The molecule has 0 radical (unpaired) electrons. The molecule has 3 aromatic rings. The Morgan fingerprint density at radius 3 is 2.61 bits per heavy atom. The number of benzene rings is 1. The topological polar surface area (TPSA) is 41.4 Å². The molecule has 5 nitrogen and oxygen atoms in total. The van der Waals surface area contributed by atoms with Crippen molar-refractivity contribution in [3.63, 3.8) is 0 Å². The highest BCUT2D eigenvalue weighted by atomic mass is 32.1. The highest BCUT2D eigenvalue weighted by Crippen LogP contribution is 2.26. The molecular formula is C17H18N4OS. The third-order valence-corrected chi connectivity index (χ3v) is 5.27. The van der Waals surface area contributed by atoms with Crippen molar-refractivity contribution < 1.29 is 4.79 Å². The van der Waals surface area contributed by atoms with Crippen LogP contribution in [0.25, 0.3) is 15.3 Å². The Morgan fingerprint density at radius 1 is 1.13 bits per heavy atom. The van der Waals surface area contributed by atoms with E-state index in [1.54, 1.807) is 11.3 Å². The minimum atomic E-state index is 0.121. The fourth-order valence-corrected chi connectivity index (χ4v) is 3.78. The fourth-order valence-electron chi connectivity index (χ4n) is 2.81. The second-order valence-electron chi connectivity index (χ2n) is 5.86. The number of rotatable bonds is 2. The van der Waals surface area contributed by atoms with E-state index >= 15 is 0 Å². The number of hydrogen-bond donors (Lipinski definition) is 0. The number of hydrogen-bond acceptors (Lipinski definition) is 4. The summed E-state index contributed by atoms with van der Waals surface area (Å²) in [5.41, 5.74) is 1.69. The van der Waals surface area contributed by atoms with Crippen LogP contribution in [0.3, 0.4) is 0 Å². The van der Waals surface area contributed by atoms with Crippen molar-refractivity contribution >= 4 is 27.5 Å². The minimum absolute atomic E-state index is 0.121. The Kier molecular flexibility index (Phi) is 3.63. The van der Waals surface area contributed by atoms with Crippen LogP contribution in [0.2, 0.25) is 0 Å². The summed E-state index contributed by atoms with van der Waals surface area (Å²) in [4.78, 5) is 21.5. The number of carbonyl (C=O) groups excluding carboxylic acids is 1. The second kappa shape index (κ2) is 5.79. The van der Waals surface area contributed by atoms with Gasteiger partial charge in [0.2, 0.25) is 0 Å². The molecule has 0 saturated carbocycles. The number of fused-ring (bicyclic) bond motifs is 1. The zero-order valence-electron chi connectivity index (χ0n) is 13.0. The van der Waals surface area contributed by atoms with Crippen LogP contribution in [-0.2, 0) is 0 Å². The monoisotopic (exact) mass is 326 g/mol. The predicted molar refractivity (Wildman–Crippen MR) is 92.3 cm³/mol. The van der Waals surface area contributed by atoms with Crippen LogP contribution < -0.4 is 0 Å². The number of amides is 1. The molecule has 0 N–H and O–H groups in total. The van der Waals surface area contributed by atoms with E-state index < -0.39 is 0 Å². The average Bonchev–Trinajstić information content (AvgIpc) is 3.23. The molecule has 0 aliphatic carbocycles. The van der Waals surface area contributed by atoms with Crippen LogP contribution in [-0.4, -0.2) is 58.5 Å². The molecule has 1 amide bonds. The summed E-state index contributed by atoms with van der Waals surface area (Å²) in [5, 5.41) is 0.925. The maximum Gasteiger partial charge on any atom is 0.253 e. The van der Waals surface area contributed by atoms with Crippen LogP contribution in [0.1, 0.15) is 10.4 Å². The zero-order valence-corrected chi connectivity index (χ0v) is 13.8. The van der Waals surface area contributed by atoms with Crippen LogP contribution in [0.5, 0.6) is 0 Å². The first-order valence-electron chi connectivity index (χ1n) is 7.72. The van der Waals surface area contributed by atoms with Crippen molar-refractivity contribution in [2.45, 2.75) is 0 Å². The van der Waals surface area contributed by atoms with Crippen LogP contribution in [0.4, 0.5) is 0 Å². The molecule has 1 saturated heterocycles. The van der Waals surface area contributed by atoms with E-state index in [0.29, 0.717) is 0 Å². The number of piperazine rings is 1. The van der Waals surface area contributed by atoms with Gasteiger partial charge in [0.1, 0.15) is 0 Å². The lowest BCUT2D eigenvalue weighted by atomic mass is 10.1. The van der Waals surface area contributed by atoms with Crippen molar-refractivity contribution in [2.75, 3.05) is 33.2 Å². The molecule has 0 bridgehead atoms. The van der Waals surface area contributed by atoms with Gasteiger partial charge in [-0.15, -0.1) is 0 Å². The molecule has 0 unspecified atom stereocenters. The molecule has 1 aromatic carbocycles. The van der Waals surface area contributed by atoms with Gasteiger partial charge < -0.3 is 14.4 Å². The van der Waals surface area contributed by atoms with Gasteiger partial charge in [-0.2, -0.15) is 0 Å². The van der Waals surface area contributed by atoms with Gasteiger partial charge in [0.05, 0.1) is 10.2 Å². The number of aromatic nitrogens is 2. The Balaban J connectivity index is 1.62. The van der Waals surface area contributed by atoms with E-state index in [4.69, 9.17) is 0 Å². The lowest BCUT2D eigenvalue weighted by molar-refractivity contribution is 0.0664. The van der Waals surface area contributed by atoms with Gasteiger partial charge >= 0.3 is 0 Å². The quantitative estimate of drug-likeness (QED) is 0.726. The van der Waals surface area contributed by atoms with Gasteiger partial charge in [-0.1, -0.05) is 11.3 Å². The largest absolute Gasteiger partial charge is 0.336 e. The maximum atomic E-state index is 12.7. The Bertz CT molecular complexity index is 832. The summed E-state index contributed by atoms with van der Waals surface area (Å²) < 4.78 is 3.04. The normalized spacial score (nSPS) is 16.1. The van der Waals surface area contributed by atoms with Gasteiger partial charge in [-0.25, -0.2) is 4.98 Å². The highest BCUT2D eigenvalue weighted by molar-refractivity contribution is 7.20. The molecule has 1 aliphatic heterocycles. The van der Waals surface area contributed by atoms with Gasteiger partial charge in [0.25, 0.3) is 5.91 Å². The van der Waals surface area contributed by atoms with E-state index in [1.165, 1.54) is 0 Å². The Labute approximate surface area is 138 Å². The smallest absolute Gasteiger partial charge is 0.253 e. The Hall–Kier alpha value is -2.18. The molecular weight excluding hydrogens is 308 g/mol. The first-order chi connectivity index (χ1) is 11.2. The van der Waals surface area contributed by atoms with E-state index in [9.17, 15) is 4.79 Å². The minimum Gasteiger partial charge on any atom is -0.336 e. The van der Waals surface area contributed by atoms with Gasteiger partial charge in [0.15, 0.2) is 5.13 Å². The first kappa shape index (κ1) is 14.4. The molecule has 1 fully saturated rings. The third-order valence-electron chi connectivity index (χ3n) is 4.24. The number of carbonyl (C=O) groups is 1. The Morgan fingerprint density at radius 2 is 1.87 bits per heavy atom. The third kappa shape index (κ3) is 2.75. The molecule has 1 aliphatic rings.